The van der Waals surface area contributed by atoms with Gasteiger partial charge in [-0.1, -0.05) is 0 Å². The summed E-state index contributed by atoms with van der Waals surface area (Å²) in [5, 5.41) is 1.05. The number of benzene rings is 1. The van der Waals surface area contributed by atoms with Crippen LogP contribution >= 0.6 is 11.3 Å². The van der Waals surface area contributed by atoms with Crippen LogP contribution in [0.5, 0.6) is 5.75 Å². The van der Waals surface area contributed by atoms with Crippen LogP contribution in [0.4, 0.5) is 0 Å². The molecule has 0 unspecified atom stereocenters. The Kier molecular flexibility index (Phi) is 3.58. The molecule has 2 rings (SSSR count). The van der Waals surface area contributed by atoms with Crippen molar-refractivity contribution in [1.29, 1.82) is 0 Å². The summed E-state index contributed by atoms with van der Waals surface area (Å²) in [5.41, 5.74) is 6.05. The maximum Gasteiger partial charge on any atom is 0.217 e. The van der Waals surface area contributed by atoms with Gasteiger partial charge < -0.3 is 10.5 Å². The molecule has 0 atom stereocenters. The number of hydrogen-bond donors (Lipinski definition) is 1. The largest absolute Gasteiger partial charge is 0.494 e. The van der Waals surface area contributed by atoms with Gasteiger partial charge in [-0.15, -0.1) is 11.3 Å². The van der Waals surface area contributed by atoms with Crippen molar-refractivity contribution in [3.05, 3.63) is 23.2 Å². The van der Waals surface area contributed by atoms with Crippen LogP contribution in [0.3, 0.4) is 0 Å². The third-order valence-electron chi connectivity index (χ3n) is 2.30. The summed E-state index contributed by atoms with van der Waals surface area (Å²) in [7, 11) is 0. The van der Waals surface area contributed by atoms with Gasteiger partial charge in [0.2, 0.25) is 5.91 Å². The lowest BCUT2D eigenvalue weighted by Gasteiger charge is -2.04. The van der Waals surface area contributed by atoms with Crippen molar-refractivity contribution in [1.82, 2.24) is 4.98 Å². The predicted octanol–water partition coefficient (Wildman–Crippen LogP) is 2.25. The molecule has 1 aromatic heterocycles. The number of aryl methyl sites for hydroxylation is 1. The van der Waals surface area contributed by atoms with Crippen LogP contribution < -0.4 is 10.5 Å². The van der Waals surface area contributed by atoms with Crippen LogP contribution in [-0.4, -0.2) is 17.5 Å². The number of aromatic nitrogens is 1. The van der Waals surface area contributed by atoms with Gasteiger partial charge in [-0.05, 0) is 31.5 Å². The average Bonchev–Trinajstić information content (AvgIpc) is 2.63. The number of primary amides is 1. The highest BCUT2D eigenvalue weighted by molar-refractivity contribution is 7.18. The highest BCUT2D eigenvalue weighted by Crippen LogP contribution is 2.25. The molecular formula is C12H14N2O2S. The highest BCUT2D eigenvalue weighted by Gasteiger charge is 2.02. The first kappa shape index (κ1) is 11.9. The zero-order valence-electron chi connectivity index (χ0n) is 9.60. The summed E-state index contributed by atoms with van der Waals surface area (Å²) in [5.74, 6) is 0.521. The number of fused-ring (bicyclic) bond motifs is 1. The van der Waals surface area contributed by atoms with Gasteiger partial charge in [0.25, 0.3) is 0 Å². The Bertz CT molecular complexity index is 536. The van der Waals surface area contributed by atoms with Crippen molar-refractivity contribution in [2.24, 2.45) is 5.73 Å². The standard InChI is InChI=1S/C12H14N2O2S/c1-8-14-10-5-4-9(7-11(10)17-8)16-6-2-3-12(13)15/h4-5,7H,2-3,6H2,1H3,(H2,13,15). The number of amides is 1. The summed E-state index contributed by atoms with van der Waals surface area (Å²) >= 11 is 1.65. The van der Waals surface area contributed by atoms with Crippen molar-refractivity contribution in [2.45, 2.75) is 19.8 Å². The quantitative estimate of drug-likeness (QED) is 0.828. The number of carbonyl (C=O) groups excluding carboxylic acids is 1. The van der Waals surface area contributed by atoms with Crippen molar-refractivity contribution < 1.29 is 9.53 Å². The van der Waals surface area contributed by atoms with E-state index in [-0.39, 0.29) is 5.91 Å². The highest BCUT2D eigenvalue weighted by atomic mass is 32.1. The Morgan fingerprint density at radius 3 is 3.12 bits per heavy atom. The van der Waals surface area contributed by atoms with Crippen molar-refractivity contribution >= 4 is 27.5 Å². The number of rotatable bonds is 5. The van der Waals surface area contributed by atoms with E-state index < -0.39 is 0 Å². The molecule has 0 aliphatic rings. The Morgan fingerprint density at radius 2 is 2.35 bits per heavy atom. The first-order valence-electron chi connectivity index (χ1n) is 5.43. The Hall–Kier alpha value is -1.62. The number of nitrogens with two attached hydrogens (primary N) is 1. The lowest BCUT2D eigenvalue weighted by Crippen LogP contribution is -2.11. The topological polar surface area (TPSA) is 65.2 Å². The number of thiazole rings is 1. The van der Waals surface area contributed by atoms with E-state index in [2.05, 4.69) is 4.98 Å². The van der Waals surface area contributed by atoms with E-state index in [1.54, 1.807) is 11.3 Å². The minimum Gasteiger partial charge on any atom is -0.494 e. The van der Waals surface area contributed by atoms with Gasteiger partial charge in [0.15, 0.2) is 0 Å². The molecule has 0 saturated carbocycles. The van der Waals surface area contributed by atoms with E-state index in [1.807, 2.05) is 25.1 Å². The Labute approximate surface area is 103 Å². The molecule has 4 nitrogen and oxygen atoms in total. The molecule has 0 spiro atoms. The zero-order chi connectivity index (χ0) is 12.3. The third-order valence-corrected chi connectivity index (χ3v) is 3.24. The van der Waals surface area contributed by atoms with Gasteiger partial charge in [0.1, 0.15) is 5.75 Å². The van der Waals surface area contributed by atoms with Gasteiger partial charge in [-0.25, -0.2) is 4.98 Å². The minimum absolute atomic E-state index is 0.290. The van der Waals surface area contributed by atoms with Crippen LogP contribution in [0.2, 0.25) is 0 Å². The van der Waals surface area contributed by atoms with Crippen LogP contribution in [0.25, 0.3) is 10.2 Å². The number of nitrogens with zero attached hydrogens (tertiary/aromatic N) is 1. The van der Waals surface area contributed by atoms with Crippen LogP contribution in [0.15, 0.2) is 18.2 Å². The Balaban J connectivity index is 1.96. The number of carbonyl (C=O) groups is 1. The van der Waals surface area contributed by atoms with E-state index in [0.29, 0.717) is 19.4 Å². The summed E-state index contributed by atoms with van der Waals surface area (Å²) < 4.78 is 6.67. The third kappa shape index (κ3) is 3.17. The molecule has 1 amide bonds. The molecule has 1 heterocycles. The van der Waals surface area contributed by atoms with E-state index in [9.17, 15) is 4.79 Å². The molecule has 0 aliphatic heterocycles. The maximum absolute atomic E-state index is 10.5. The fourth-order valence-corrected chi connectivity index (χ4v) is 2.40. The SMILES string of the molecule is Cc1nc2ccc(OCCCC(N)=O)cc2s1. The van der Waals surface area contributed by atoms with Gasteiger partial charge >= 0.3 is 0 Å². The van der Waals surface area contributed by atoms with E-state index >= 15 is 0 Å². The van der Waals surface area contributed by atoms with E-state index in [4.69, 9.17) is 10.5 Å². The zero-order valence-corrected chi connectivity index (χ0v) is 10.4. The van der Waals surface area contributed by atoms with Gasteiger partial charge in [-0.3, -0.25) is 4.79 Å². The summed E-state index contributed by atoms with van der Waals surface area (Å²) in [6, 6.07) is 5.82. The number of ether oxygens (including phenoxy) is 1. The van der Waals surface area contributed by atoms with Crippen LogP contribution in [-0.2, 0) is 4.79 Å². The first-order chi connectivity index (χ1) is 8.15. The predicted molar refractivity (Wildman–Crippen MR) is 68.3 cm³/mol. The number of hydrogen-bond acceptors (Lipinski definition) is 4. The van der Waals surface area contributed by atoms with Crippen LogP contribution in [0, 0.1) is 6.92 Å². The molecule has 5 heteroatoms. The van der Waals surface area contributed by atoms with Crippen molar-refractivity contribution in [3.8, 4) is 5.75 Å². The normalized spacial score (nSPS) is 10.6. The molecule has 2 N–H and O–H groups in total. The van der Waals surface area contributed by atoms with Crippen molar-refractivity contribution in [3.63, 3.8) is 0 Å². The summed E-state index contributed by atoms with van der Waals surface area (Å²) in [6.07, 6.45) is 1.01. The lowest BCUT2D eigenvalue weighted by atomic mass is 10.3. The van der Waals surface area contributed by atoms with Gasteiger partial charge in [0, 0.05) is 6.42 Å². The van der Waals surface area contributed by atoms with Crippen molar-refractivity contribution in [2.75, 3.05) is 6.61 Å². The molecule has 0 bridgehead atoms. The second-order valence-electron chi connectivity index (χ2n) is 3.78. The molecular weight excluding hydrogens is 236 g/mol. The maximum atomic E-state index is 10.5. The Morgan fingerprint density at radius 1 is 1.53 bits per heavy atom. The lowest BCUT2D eigenvalue weighted by molar-refractivity contribution is -0.118. The molecule has 1 aromatic carbocycles. The molecule has 0 fully saturated rings. The molecule has 0 aliphatic carbocycles. The van der Waals surface area contributed by atoms with E-state index in [0.717, 1.165) is 21.0 Å². The van der Waals surface area contributed by atoms with E-state index in [1.165, 1.54) is 0 Å². The van der Waals surface area contributed by atoms with Crippen LogP contribution in [0.1, 0.15) is 17.8 Å². The average molecular weight is 250 g/mol. The molecule has 2 aromatic rings. The monoisotopic (exact) mass is 250 g/mol. The summed E-state index contributed by atoms with van der Waals surface area (Å²) in [4.78, 5) is 14.9. The fourth-order valence-electron chi connectivity index (χ4n) is 1.55. The first-order valence-corrected chi connectivity index (χ1v) is 6.25. The molecule has 0 radical (unpaired) electrons. The molecule has 90 valence electrons. The second kappa shape index (κ2) is 5.14. The van der Waals surface area contributed by atoms with Gasteiger partial charge in [-0.2, -0.15) is 0 Å². The summed E-state index contributed by atoms with van der Waals surface area (Å²) in [6.45, 7) is 2.49. The molecule has 17 heavy (non-hydrogen) atoms. The molecule has 0 saturated heterocycles. The second-order valence-corrected chi connectivity index (χ2v) is 5.02. The minimum atomic E-state index is -0.290. The fraction of sp³-hybridized carbons (Fsp3) is 0.333. The smallest absolute Gasteiger partial charge is 0.217 e. The van der Waals surface area contributed by atoms with Gasteiger partial charge in [0.05, 0.1) is 21.8 Å².